The largest absolute Gasteiger partial charge is 0.409 e. The molecule has 0 spiro atoms. The van der Waals surface area contributed by atoms with Crippen LogP contribution in [0.15, 0.2) is 5.16 Å². The highest BCUT2D eigenvalue weighted by molar-refractivity contribution is 5.79. The van der Waals surface area contributed by atoms with Crippen LogP contribution in [-0.4, -0.2) is 48.8 Å². The number of oxime groups is 1. The van der Waals surface area contributed by atoms with Crippen LogP contribution in [0.2, 0.25) is 0 Å². The summed E-state index contributed by atoms with van der Waals surface area (Å²) < 4.78 is 5.08. The van der Waals surface area contributed by atoms with E-state index in [0.717, 1.165) is 25.9 Å². The molecule has 0 saturated heterocycles. The highest BCUT2D eigenvalue weighted by Gasteiger charge is 2.12. The van der Waals surface area contributed by atoms with Crippen molar-refractivity contribution in [3.8, 4) is 0 Å². The lowest BCUT2D eigenvalue weighted by atomic mass is 10.1. The van der Waals surface area contributed by atoms with Gasteiger partial charge in [0.05, 0.1) is 6.61 Å². The SMILES string of the molecule is CCCC(C)N(CCOC)CCC(N)=NO. The van der Waals surface area contributed by atoms with Crippen LogP contribution in [0.25, 0.3) is 0 Å². The topological polar surface area (TPSA) is 71.1 Å². The summed E-state index contributed by atoms with van der Waals surface area (Å²) in [6.45, 7) is 6.78. The molecule has 0 amide bonds. The second-order valence-electron chi connectivity index (χ2n) is 4.01. The van der Waals surface area contributed by atoms with E-state index < -0.39 is 0 Å². The number of nitrogens with zero attached hydrogens (tertiary/aromatic N) is 2. The molecule has 0 bridgehead atoms. The number of rotatable bonds is 9. The van der Waals surface area contributed by atoms with E-state index in [4.69, 9.17) is 15.7 Å². The van der Waals surface area contributed by atoms with Gasteiger partial charge in [-0.25, -0.2) is 0 Å². The molecular weight excluding hydrogens is 206 g/mol. The Bertz CT molecular complexity index is 198. The van der Waals surface area contributed by atoms with Crippen molar-refractivity contribution in [3.63, 3.8) is 0 Å². The van der Waals surface area contributed by atoms with Crippen LogP contribution in [0.1, 0.15) is 33.1 Å². The number of amidine groups is 1. The minimum atomic E-state index is 0.283. The van der Waals surface area contributed by atoms with Gasteiger partial charge in [0.1, 0.15) is 5.84 Å². The van der Waals surface area contributed by atoms with Crippen LogP contribution < -0.4 is 5.73 Å². The van der Waals surface area contributed by atoms with Crippen LogP contribution in [0, 0.1) is 0 Å². The second-order valence-corrected chi connectivity index (χ2v) is 4.01. The maximum Gasteiger partial charge on any atom is 0.140 e. The van der Waals surface area contributed by atoms with Gasteiger partial charge in [-0.1, -0.05) is 18.5 Å². The normalized spacial score (nSPS) is 14.4. The number of nitrogens with two attached hydrogens (primary N) is 1. The van der Waals surface area contributed by atoms with Gasteiger partial charge in [0.25, 0.3) is 0 Å². The molecular formula is C11H25N3O2. The molecule has 0 heterocycles. The maximum atomic E-state index is 8.49. The van der Waals surface area contributed by atoms with Gasteiger partial charge in [-0.3, -0.25) is 4.90 Å². The molecule has 0 aliphatic rings. The van der Waals surface area contributed by atoms with E-state index in [1.165, 1.54) is 0 Å². The summed E-state index contributed by atoms with van der Waals surface area (Å²) in [6.07, 6.45) is 2.91. The first-order valence-electron chi connectivity index (χ1n) is 5.85. The van der Waals surface area contributed by atoms with Crippen molar-refractivity contribution in [3.05, 3.63) is 0 Å². The van der Waals surface area contributed by atoms with E-state index in [9.17, 15) is 0 Å². The van der Waals surface area contributed by atoms with E-state index >= 15 is 0 Å². The monoisotopic (exact) mass is 231 g/mol. The van der Waals surface area contributed by atoms with Crippen LogP contribution in [0.3, 0.4) is 0 Å². The van der Waals surface area contributed by atoms with Gasteiger partial charge in [-0.15, -0.1) is 0 Å². The molecule has 0 aliphatic carbocycles. The minimum Gasteiger partial charge on any atom is -0.409 e. The summed E-state index contributed by atoms with van der Waals surface area (Å²) in [4.78, 5) is 2.31. The fourth-order valence-electron chi connectivity index (χ4n) is 1.67. The molecule has 0 rings (SSSR count). The Kier molecular flexibility index (Phi) is 8.94. The lowest BCUT2D eigenvalue weighted by molar-refractivity contribution is 0.123. The zero-order valence-electron chi connectivity index (χ0n) is 10.6. The summed E-state index contributed by atoms with van der Waals surface area (Å²) >= 11 is 0. The summed E-state index contributed by atoms with van der Waals surface area (Å²) in [6, 6.07) is 0.506. The van der Waals surface area contributed by atoms with E-state index in [0.29, 0.717) is 19.1 Å². The summed E-state index contributed by atoms with van der Waals surface area (Å²) in [5.41, 5.74) is 5.47. The van der Waals surface area contributed by atoms with Crippen LogP contribution >= 0.6 is 0 Å². The smallest absolute Gasteiger partial charge is 0.140 e. The van der Waals surface area contributed by atoms with E-state index in [1.807, 2.05) is 0 Å². The van der Waals surface area contributed by atoms with Gasteiger partial charge in [0.2, 0.25) is 0 Å². The third-order valence-electron chi connectivity index (χ3n) is 2.70. The Morgan fingerprint density at radius 3 is 2.69 bits per heavy atom. The number of hydrogen-bond donors (Lipinski definition) is 2. The van der Waals surface area contributed by atoms with Gasteiger partial charge < -0.3 is 15.7 Å². The third-order valence-corrected chi connectivity index (χ3v) is 2.70. The molecule has 1 atom stereocenters. The van der Waals surface area contributed by atoms with E-state index in [2.05, 4.69) is 23.9 Å². The Labute approximate surface area is 98.2 Å². The van der Waals surface area contributed by atoms with Gasteiger partial charge >= 0.3 is 0 Å². The van der Waals surface area contributed by atoms with Crippen LogP contribution in [0.5, 0.6) is 0 Å². The molecule has 0 aromatic rings. The molecule has 0 fully saturated rings. The third kappa shape index (κ3) is 6.63. The Morgan fingerprint density at radius 1 is 1.50 bits per heavy atom. The Hall–Kier alpha value is -0.810. The van der Waals surface area contributed by atoms with Gasteiger partial charge in [-0.2, -0.15) is 0 Å². The van der Waals surface area contributed by atoms with Crippen molar-refractivity contribution >= 4 is 5.84 Å². The van der Waals surface area contributed by atoms with Crippen molar-refractivity contribution < 1.29 is 9.94 Å². The quantitative estimate of drug-likeness (QED) is 0.271. The summed E-state index contributed by atoms with van der Waals surface area (Å²) in [5.74, 6) is 0.283. The molecule has 0 radical (unpaired) electrons. The molecule has 3 N–H and O–H groups in total. The van der Waals surface area contributed by atoms with Gasteiger partial charge in [0.15, 0.2) is 0 Å². The van der Waals surface area contributed by atoms with Crippen LogP contribution in [-0.2, 0) is 4.74 Å². The zero-order valence-corrected chi connectivity index (χ0v) is 10.6. The summed E-state index contributed by atoms with van der Waals surface area (Å²) in [7, 11) is 1.70. The first-order chi connectivity index (χ1) is 7.65. The van der Waals surface area contributed by atoms with E-state index in [1.54, 1.807) is 7.11 Å². The minimum absolute atomic E-state index is 0.283. The highest BCUT2D eigenvalue weighted by atomic mass is 16.5. The molecule has 0 aromatic heterocycles. The number of hydrogen-bond acceptors (Lipinski definition) is 4. The second kappa shape index (κ2) is 9.42. The average Bonchev–Trinajstić information content (AvgIpc) is 2.29. The summed E-state index contributed by atoms with van der Waals surface area (Å²) in [5, 5.41) is 11.5. The highest BCUT2D eigenvalue weighted by Crippen LogP contribution is 2.07. The van der Waals surface area contributed by atoms with Gasteiger partial charge in [0, 0.05) is 32.7 Å². The maximum absolute atomic E-state index is 8.49. The van der Waals surface area contributed by atoms with Crippen molar-refractivity contribution in [1.29, 1.82) is 0 Å². The van der Waals surface area contributed by atoms with Gasteiger partial charge in [-0.05, 0) is 13.3 Å². The van der Waals surface area contributed by atoms with Crippen molar-refractivity contribution in [2.24, 2.45) is 10.9 Å². The molecule has 1 unspecified atom stereocenters. The lowest BCUT2D eigenvalue weighted by Gasteiger charge is -2.28. The van der Waals surface area contributed by atoms with Crippen molar-refractivity contribution in [2.75, 3.05) is 26.8 Å². The molecule has 16 heavy (non-hydrogen) atoms. The lowest BCUT2D eigenvalue weighted by Crippen LogP contribution is -2.38. The van der Waals surface area contributed by atoms with Crippen LogP contribution in [0.4, 0.5) is 0 Å². The molecule has 5 nitrogen and oxygen atoms in total. The van der Waals surface area contributed by atoms with E-state index in [-0.39, 0.29) is 5.84 Å². The fourth-order valence-corrected chi connectivity index (χ4v) is 1.67. The Balaban J connectivity index is 4.08. The average molecular weight is 231 g/mol. The zero-order chi connectivity index (χ0) is 12.4. The molecule has 0 aromatic carbocycles. The fraction of sp³-hybridized carbons (Fsp3) is 0.909. The first kappa shape index (κ1) is 15.2. The molecule has 96 valence electrons. The van der Waals surface area contributed by atoms with Crippen molar-refractivity contribution in [1.82, 2.24) is 4.90 Å². The molecule has 0 aliphatic heterocycles. The first-order valence-corrected chi connectivity index (χ1v) is 5.85. The standard InChI is InChI=1S/C11H25N3O2/c1-4-5-10(2)14(8-9-16-3)7-6-11(12)13-15/h10,15H,4-9H2,1-3H3,(H2,12,13). The predicted molar refractivity (Wildman–Crippen MR) is 65.8 cm³/mol. The number of ether oxygens (including phenoxy) is 1. The van der Waals surface area contributed by atoms with Crippen molar-refractivity contribution in [2.45, 2.75) is 39.2 Å². The predicted octanol–water partition coefficient (Wildman–Crippen LogP) is 1.26. The number of methoxy groups -OCH3 is 1. The molecule has 5 heteroatoms. The molecule has 0 saturated carbocycles. The Morgan fingerprint density at radius 2 is 2.19 bits per heavy atom.